The largest absolute Gasteiger partial charge is 0.508 e. The molecule has 0 radical (unpaired) electrons. The van der Waals surface area contributed by atoms with Crippen molar-refractivity contribution in [3.63, 3.8) is 0 Å². The first-order valence-electron chi connectivity index (χ1n) is 5.92. The van der Waals surface area contributed by atoms with Crippen LogP contribution < -0.4 is 0 Å². The van der Waals surface area contributed by atoms with Crippen LogP contribution in [-0.4, -0.2) is 34.2 Å². The van der Waals surface area contributed by atoms with E-state index in [9.17, 15) is 9.90 Å². The molecule has 1 saturated heterocycles. The van der Waals surface area contributed by atoms with Crippen molar-refractivity contribution < 1.29 is 15.0 Å². The highest BCUT2D eigenvalue weighted by molar-refractivity contribution is 5.68. The maximum absolute atomic E-state index is 10.9. The third kappa shape index (κ3) is 2.77. The summed E-state index contributed by atoms with van der Waals surface area (Å²) in [5, 5.41) is 18.8. The predicted molar refractivity (Wildman–Crippen MR) is 63.9 cm³/mol. The fraction of sp³-hybridized carbons (Fsp3) is 0.462. The normalized spacial score (nSPS) is 18.1. The van der Waals surface area contributed by atoms with Crippen molar-refractivity contribution in [1.29, 1.82) is 0 Å². The summed E-state index contributed by atoms with van der Waals surface area (Å²) >= 11 is 0. The lowest BCUT2D eigenvalue weighted by atomic mass is 10.0. The molecule has 1 aliphatic rings. The smallest absolute Gasteiger partial charge is 0.305 e. The maximum Gasteiger partial charge on any atom is 0.305 e. The summed E-state index contributed by atoms with van der Waals surface area (Å²) in [6.45, 7) is 1.82. The van der Waals surface area contributed by atoms with E-state index < -0.39 is 5.97 Å². The Balaban J connectivity index is 2.25. The Bertz CT molecular complexity index is 399. The molecule has 0 spiro atoms. The van der Waals surface area contributed by atoms with Gasteiger partial charge in [0, 0.05) is 11.6 Å². The molecule has 1 aromatic rings. The highest BCUT2D eigenvalue weighted by Crippen LogP contribution is 2.33. The molecular formula is C13H17NO3. The van der Waals surface area contributed by atoms with Crippen LogP contribution in [0.5, 0.6) is 5.75 Å². The van der Waals surface area contributed by atoms with E-state index in [-0.39, 0.29) is 18.2 Å². The molecule has 0 saturated carbocycles. The lowest BCUT2D eigenvalue weighted by Gasteiger charge is -2.27. The number of hydrogen-bond acceptors (Lipinski definition) is 3. The molecule has 0 aromatic heterocycles. The standard InChI is InChI=1S/C13H17NO3/c15-12-6-2-1-5-10(12)11(9-13(16)17)14-7-3-4-8-14/h1-2,5-6,11,15H,3-4,7-9H2,(H,16,17). The summed E-state index contributed by atoms with van der Waals surface area (Å²) in [6.07, 6.45) is 2.24. The van der Waals surface area contributed by atoms with Gasteiger partial charge in [-0.1, -0.05) is 18.2 Å². The molecule has 0 bridgehead atoms. The quantitative estimate of drug-likeness (QED) is 0.838. The lowest BCUT2D eigenvalue weighted by molar-refractivity contribution is -0.138. The van der Waals surface area contributed by atoms with E-state index in [4.69, 9.17) is 5.11 Å². The number of para-hydroxylation sites is 1. The Morgan fingerprint density at radius 1 is 1.29 bits per heavy atom. The van der Waals surface area contributed by atoms with Gasteiger partial charge in [-0.25, -0.2) is 0 Å². The number of aromatic hydroxyl groups is 1. The summed E-state index contributed by atoms with van der Waals surface area (Å²) in [4.78, 5) is 13.1. The zero-order chi connectivity index (χ0) is 12.3. The molecule has 1 heterocycles. The van der Waals surface area contributed by atoms with Crippen LogP contribution in [0.25, 0.3) is 0 Å². The first-order valence-corrected chi connectivity index (χ1v) is 5.92. The van der Waals surface area contributed by atoms with Crippen molar-refractivity contribution in [2.75, 3.05) is 13.1 Å². The third-order valence-corrected chi connectivity index (χ3v) is 3.25. The highest BCUT2D eigenvalue weighted by Gasteiger charge is 2.27. The van der Waals surface area contributed by atoms with Crippen LogP contribution in [0, 0.1) is 0 Å². The molecule has 2 rings (SSSR count). The summed E-state index contributed by atoms with van der Waals surface area (Å²) in [6, 6.07) is 6.79. The third-order valence-electron chi connectivity index (χ3n) is 3.25. The number of benzene rings is 1. The number of likely N-dealkylation sites (tertiary alicyclic amines) is 1. The van der Waals surface area contributed by atoms with E-state index in [0.29, 0.717) is 0 Å². The number of hydrogen-bond donors (Lipinski definition) is 2. The average molecular weight is 235 g/mol. The van der Waals surface area contributed by atoms with Gasteiger partial charge < -0.3 is 10.2 Å². The van der Waals surface area contributed by atoms with Crippen LogP contribution >= 0.6 is 0 Å². The van der Waals surface area contributed by atoms with Crippen molar-refractivity contribution >= 4 is 5.97 Å². The molecule has 1 fully saturated rings. The van der Waals surface area contributed by atoms with Gasteiger partial charge in [0.05, 0.1) is 6.42 Å². The number of carbonyl (C=O) groups is 1. The fourth-order valence-corrected chi connectivity index (χ4v) is 2.42. The number of rotatable bonds is 4. The molecule has 0 amide bonds. The Kier molecular flexibility index (Phi) is 3.64. The fourth-order valence-electron chi connectivity index (χ4n) is 2.42. The molecule has 1 atom stereocenters. The second-order valence-corrected chi connectivity index (χ2v) is 4.42. The van der Waals surface area contributed by atoms with Gasteiger partial charge in [0.25, 0.3) is 0 Å². The van der Waals surface area contributed by atoms with Gasteiger partial charge in [0.2, 0.25) is 0 Å². The van der Waals surface area contributed by atoms with Crippen molar-refractivity contribution in [1.82, 2.24) is 4.90 Å². The Morgan fingerprint density at radius 3 is 2.53 bits per heavy atom. The van der Waals surface area contributed by atoms with Crippen LogP contribution in [0.2, 0.25) is 0 Å². The molecule has 17 heavy (non-hydrogen) atoms. The Morgan fingerprint density at radius 2 is 1.94 bits per heavy atom. The number of phenolic OH excluding ortho intramolecular Hbond substituents is 1. The van der Waals surface area contributed by atoms with Crippen molar-refractivity contribution in [2.24, 2.45) is 0 Å². The van der Waals surface area contributed by atoms with Gasteiger partial charge >= 0.3 is 5.97 Å². The summed E-state index contributed by atoms with van der Waals surface area (Å²) in [7, 11) is 0. The number of carboxylic acids is 1. The van der Waals surface area contributed by atoms with Crippen LogP contribution in [0.4, 0.5) is 0 Å². The molecule has 2 N–H and O–H groups in total. The van der Waals surface area contributed by atoms with Crippen LogP contribution in [0.15, 0.2) is 24.3 Å². The summed E-state index contributed by atoms with van der Waals surface area (Å²) in [5.41, 5.74) is 0.719. The minimum absolute atomic E-state index is 0.0393. The minimum Gasteiger partial charge on any atom is -0.508 e. The summed E-state index contributed by atoms with van der Waals surface area (Å²) in [5.74, 6) is -0.643. The molecule has 1 aliphatic heterocycles. The van der Waals surface area contributed by atoms with Gasteiger partial charge in [-0.05, 0) is 32.0 Å². The van der Waals surface area contributed by atoms with Crippen LogP contribution in [-0.2, 0) is 4.79 Å². The SMILES string of the molecule is O=C(O)CC(c1ccccc1O)N1CCCC1. The number of aliphatic carboxylic acids is 1. The van der Waals surface area contributed by atoms with Crippen LogP contribution in [0.1, 0.15) is 30.9 Å². The molecule has 1 unspecified atom stereocenters. The molecular weight excluding hydrogens is 218 g/mol. The second-order valence-electron chi connectivity index (χ2n) is 4.42. The van der Waals surface area contributed by atoms with E-state index in [1.54, 1.807) is 18.2 Å². The predicted octanol–water partition coefficient (Wildman–Crippen LogP) is 2.00. The topological polar surface area (TPSA) is 60.8 Å². The van der Waals surface area contributed by atoms with E-state index in [0.717, 1.165) is 31.5 Å². The average Bonchev–Trinajstić information content (AvgIpc) is 2.80. The Labute approximate surface area is 100 Å². The second kappa shape index (κ2) is 5.19. The zero-order valence-corrected chi connectivity index (χ0v) is 9.67. The Hall–Kier alpha value is -1.55. The van der Waals surface area contributed by atoms with Crippen molar-refractivity contribution in [2.45, 2.75) is 25.3 Å². The van der Waals surface area contributed by atoms with Crippen molar-refractivity contribution in [3.05, 3.63) is 29.8 Å². The van der Waals surface area contributed by atoms with E-state index in [1.165, 1.54) is 0 Å². The monoisotopic (exact) mass is 235 g/mol. The van der Waals surface area contributed by atoms with Crippen LogP contribution in [0.3, 0.4) is 0 Å². The van der Waals surface area contributed by atoms with Gasteiger partial charge in [0.1, 0.15) is 5.75 Å². The van der Waals surface area contributed by atoms with Gasteiger partial charge in [-0.2, -0.15) is 0 Å². The van der Waals surface area contributed by atoms with E-state index >= 15 is 0 Å². The maximum atomic E-state index is 10.9. The lowest BCUT2D eigenvalue weighted by Crippen LogP contribution is -2.27. The first kappa shape index (κ1) is 11.9. The molecule has 92 valence electrons. The highest BCUT2D eigenvalue weighted by atomic mass is 16.4. The van der Waals surface area contributed by atoms with Gasteiger partial charge in [-0.3, -0.25) is 9.69 Å². The van der Waals surface area contributed by atoms with Crippen molar-refractivity contribution in [3.8, 4) is 5.75 Å². The van der Waals surface area contributed by atoms with Gasteiger partial charge in [0.15, 0.2) is 0 Å². The number of nitrogens with zero attached hydrogens (tertiary/aromatic N) is 1. The molecule has 0 aliphatic carbocycles. The van der Waals surface area contributed by atoms with Gasteiger partial charge in [-0.15, -0.1) is 0 Å². The number of carboxylic acid groups (broad SMARTS) is 1. The molecule has 4 nitrogen and oxygen atoms in total. The minimum atomic E-state index is -0.829. The molecule has 1 aromatic carbocycles. The zero-order valence-electron chi connectivity index (χ0n) is 9.67. The van der Waals surface area contributed by atoms with E-state index in [1.807, 2.05) is 6.07 Å². The first-order chi connectivity index (χ1) is 8.18. The number of phenols is 1. The van der Waals surface area contributed by atoms with E-state index in [2.05, 4.69) is 4.90 Å². The molecule has 4 heteroatoms. The summed E-state index contributed by atoms with van der Waals surface area (Å²) < 4.78 is 0.